The van der Waals surface area contributed by atoms with Crippen molar-refractivity contribution < 1.29 is 47.0 Å². The molecule has 0 unspecified atom stereocenters. The lowest BCUT2D eigenvalue weighted by atomic mass is 9.92. The summed E-state index contributed by atoms with van der Waals surface area (Å²) in [6.07, 6.45) is 37.9. The van der Waals surface area contributed by atoms with Crippen molar-refractivity contribution >= 4 is 90.2 Å². The summed E-state index contributed by atoms with van der Waals surface area (Å²) in [5.41, 5.74) is 15.3. The standard InChI is InChI=1S/C26H34N6O2.C25H27N7O3.C24H30N6O3.C23H28N6O2/c1-4-22-17(2)29-18(3)30-26(22)31-19-5-7-21(8-6-19)34-24-16-20(32-11-13-33-14-12-32)15-23-25(24)28-10-9-27-23;1-3-20(4-2-18(1)30-23-13-17(5-6-27-23)25-31-29-16-34-25)35-22-15-19(32-9-11-33-12-10-32)14-21-24(22)28-8-7-26-21;1-31-15-18-12-23(28-16-27-18)29-17-2-4-20(5-3-17)33-22-14-19(30-8-10-32-11-9-30)13-21-24(22)26-7-6-25-21;1-16-24-7-6-22(27-16)28-17-2-4-19(5-3-17)31-21-15-18(29-10-12-30-13-11-29)14-20-23(21)26-9-8-25-20/h9-10,15-16,19,21H,4-8,11-14H2,1-3H3,(H,29,30,31);5-8,13-16,18,20H,1-4,9-12H2,(H,27,30);6-7,12-14,16-17,20H,2-5,8-11,15H2,1H3,(H,27,28,29);6-9,14-15,17,19H,2-5,10-13H2,1H3,(H,24,27,28). The Hall–Kier alpha value is -12.8. The summed E-state index contributed by atoms with van der Waals surface area (Å²) in [4.78, 5) is 76.6. The molecule has 0 bridgehead atoms. The zero-order chi connectivity index (χ0) is 90.4. The Morgan fingerprint density at radius 2 is 0.737 bits per heavy atom. The maximum atomic E-state index is 6.57. The second kappa shape index (κ2) is 44.6. The van der Waals surface area contributed by atoms with E-state index in [0.29, 0.717) is 36.7 Å². The van der Waals surface area contributed by atoms with Crippen LogP contribution in [0.5, 0.6) is 23.0 Å². The van der Waals surface area contributed by atoms with E-state index in [1.54, 1.807) is 75.4 Å². The first kappa shape index (κ1) is 90.7. The fourth-order valence-electron chi connectivity index (χ4n) is 18.8. The van der Waals surface area contributed by atoms with Crippen LogP contribution in [0.1, 0.15) is 138 Å². The van der Waals surface area contributed by atoms with E-state index in [9.17, 15) is 0 Å². The Balaban J connectivity index is 0.000000119. The van der Waals surface area contributed by atoms with Crippen molar-refractivity contribution in [1.82, 2.24) is 85.0 Å². The molecular formula is C98H119N25O10. The maximum Gasteiger partial charge on any atom is 0.247 e. The average molecular weight is 1810 g/mol. The minimum Gasteiger partial charge on any atom is -0.488 e. The number of ether oxygens (including phenoxy) is 9. The van der Waals surface area contributed by atoms with Crippen molar-refractivity contribution in [1.29, 1.82) is 0 Å². The third-order valence-electron chi connectivity index (χ3n) is 25.7. The zero-order valence-corrected chi connectivity index (χ0v) is 76.5. The number of fused-ring (bicyclic) bond motifs is 4. The Kier molecular flexibility index (Phi) is 30.4. The molecule has 4 saturated carbocycles. The van der Waals surface area contributed by atoms with Gasteiger partial charge in [0.2, 0.25) is 12.3 Å². The van der Waals surface area contributed by atoms with Gasteiger partial charge >= 0.3 is 0 Å². The van der Waals surface area contributed by atoms with Gasteiger partial charge in [-0.2, -0.15) is 0 Å². The molecule has 13 aromatic rings. The highest BCUT2D eigenvalue weighted by atomic mass is 16.5. The number of rotatable bonds is 24. The summed E-state index contributed by atoms with van der Waals surface area (Å²) in [7, 11) is 1.67. The first-order valence-corrected chi connectivity index (χ1v) is 47.1. The lowest BCUT2D eigenvalue weighted by Gasteiger charge is -2.32. The molecule has 9 aromatic heterocycles. The molecule has 4 N–H and O–H groups in total. The molecule has 35 heteroatoms. The van der Waals surface area contributed by atoms with E-state index in [-0.39, 0.29) is 24.4 Å². The van der Waals surface area contributed by atoms with Crippen LogP contribution >= 0.6 is 0 Å². The number of hydrogen-bond donors (Lipinski definition) is 4. The van der Waals surface area contributed by atoms with E-state index in [1.165, 1.54) is 12.0 Å². The fraction of sp³-hybridized carbons (Fsp3) is 0.480. The molecular weight excluding hydrogens is 1690 g/mol. The minimum atomic E-state index is 0.135. The van der Waals surface area contributed by atoms with Crippen LogP contribution in [0, 0.1) is 20.8 Å². The quantitative estimate of drug-likeness (QED) is 0.0436. The van der Waals surface area contributed by atoms with Crippen LogP contribution in [0.4, 0.5) is 46.0 Å². The van der Waals surface area contributed by atoms with E-state index < -0.39 is 0 Å². The molecule has 8 fully saturated rings. The molecule has 0 spiro atoms. The largest absolute Gasteiger partial charge is 0.488 e. The van der Waals surface area contributed by atoms with E-state index in [0.717, 1.165) is 356 Å². The van der Waals surface area contributed by atoms with E-state index in [2.05, 4.69) is 183 Å². The second-order valence-electron chi connectivity index (χ2n) is 34.8. The maximum absolute atomic E-state index is 6.57. The van der Waals surface area contributed by atoms with Crippen LogP contribution in [0.15, 0.2) is 152 Å². The summed E-state index contributed by atoms with van der Waals surface area (Å²) < 4.78 is 58.7. The summed E-state index contributed by atoms with van der Waals surface area (Å²) >= 11 is 0. The number of methoxy groups -OCH3 is 1. The van der Waals surface area contributed by atoms with Crippen molar-refractivity contribution in [2.45, 2.75) is 192 Å². The van der Waals surface area contributed by atoms with E-state index in [1.807, 2.05) is 38.1 Å². The number of hydrogen-bond acceptors (Lipinski definition) is 35. The van der Waals surface area contributed by atoms with Crippen LogP contribution in [-0.2, 0) is 36.7 Å². The van der Waals surface area contributed by atoms with Gasteiger partial charge in [0.1, 0.15) is 86.3 Å². The monoisotopic (exact) mass is 1810 g/mol. The smallest absolute Gasteiger partial charge is 0.247 e. The molecule has 0 amide bonds. The molecule has 0 radical (unpaired) electrons. The van der Waals surface area contributed by atoms with Crippen LogP contribution in [0.25, 0.3) is 55.6 Å². The Morgan fingerprint density at radius 3 is 1.11 bits per heavy atom. The highest BCUT2D eigenvalue weighted by Crippen LogP contribution is 2.40. The number of benzene rings is 4. The van der Waals surface area contributed by atoms with Crippen molar-refractivity contribution in [3.63, 3.8) is 0 Å². The van der Waals surface area contributed by atoms with Gasteiger partial charge in [-0.1, -0.05) is 6.92 Å². The molecule has 4 aliphatic heterocycles. The Labute approximate surface area is 773 Å². The van der Waals surface area contributed by atoms with Crippen LogP contribution in [-0.4, -0.2) is 246 Å². The first-order valence-electron chi connectivity index (χ1n) is 47.1. The summed E-state index contributed by atoms with van der Waals surface area (Å²) in [5, 5.41) is 22.1. The highest BCUT2D eigenvalue weighted by molar-refractivity contribution is 5.88. The molecule has 35 nitrogen and oxygen atoms in total. The Morgan fingerprint density at radius 1 is 0.361 bits per heavy atom. The minimum absolute atomic E-state index is 0.135. The predicted molar refractivity (Wildman–Crippen MR) is 509 cm³/mol. The van der Waals surface area contributed by atoms with Gasteiger partial charge in [0, 0.05) is 216 Å². The number of aromatic nitrogens is 17. The second-order valence-corrected chi connectivity index (χ2v) is 34.8. The number of anilines is 8. The van der Waals surface area contributed by atoms with Crippen molar-refractivity contribution in [2.75, 3.05) is 153 Å². The predicted octanol–water partition coefficient (Wildman–Crippen LogP) is 14.5. The van der Waals surface area contributed by atoms with Gasteiger partial charge < -0.3 is 87.9 Å². The van der Waals surface area contributed by atoms with Crippen molar-refractivity contribution in [3.05, 3.63) is 176 Å². The molecule has 0 atom stereocenters. The molecule has 21 rings (SSSR count). The van der Waals surface area contributed by atoms with E-state index >= 15 is 0 Å². The Bertz CT molecular complexity index is 5940. The molecule has 696 valence electrons. The van der Waals surface area contributed by atoms with Gasteiger partial charge in [-0.15, -0.1) is 10.2 Å². The third-order valence-corrected chi connectivity index (χ3v) is 25.7. The molecule has 4 saturated heterocycles. The highest BCUT2D eigenvalue weighted by Gasteiger charge is 2.32. The average Bonchev–Trinajstić information content (AvgIpc) is 1.01. The summed E-state index contributed by atoms with van der Waals surface area (Å²) in [6.45, 7) is 21.5. The summed E-state index contributed by atoms with van der Waals surface area (Å²) in [6, 6.07) is 26.1. The SMILES string of the molecule is CCc1c(C)nc(C)nc1NC1CCC(Oc2cc(N3CCOCC3)cc3nccnc23)CC1.COCc1cc(NC2CCC(Oc3cc(N4CCOCC4)cc4nccnc34)CC2)ncn1.Cc1nccc(NC2CCC(Oc3cc(N4CCOCC4)cc4nccnc34)CC2)n1.c1cc(-c2nnco2)cc(NC2CCC(Oc3cc(N4CCOCC4)cc4nccnc34)CC2)n1. The number of nitrogens with one attached hydrogen (secondary N) is 4. The van der Waals surface area contributed by atoms with Gasteiger partial charge in [0.25, 0.3) is 0 Å². The van der Waals surface area contributed by atoms with Crippen LogP contribution in [0.2, 0.25) is 0 Å². The summed E-state index contributed by atoms with van der Waals surface area (Å²) in [5.74, 6) is 8.94. The number of morpholine rings is 4. The van der Waals surface area contributed by atoms with Gasteiger partial charge in [0.05, 0.1) is 112 Å². The number of nitrogens with zero attached hydrogens (tertiary/aromatic N) is 21. The number of aryl methyl sites for hydroxylation is 3. The van der Waals surface area contributed by atoms with E-state index in [4.69, 9.17) is 52.0 Å². The first-order chi connectivity index (χ1) is 65.4. The van der Waals surface area contributed by atoms with Crippen molar-refractivity contribution in [3.8, 4) is 34.5 Å². The topological polar surface area (TPSA) is 376 Å². The van der Waals surface area contributed by atoms with Crippen LogP contribution < -0.4 is 59.8 Å². The molecule has 4 aromatic carbocycles. The molecule has 4 aliphatic carbocycles. The van der Waals surface area contributed by atoms with Gasteiger partial charge in [-0.25, -0.2) is 54.8 Å². The molecule has 8 aliphatic rings. The van der Waals surface area contributed by atoms with Gasteiger partial charge in [0.15, 0.2) is 0 Å². The molecule has 13 heterocycles. The third kappa shape index (κ3) is 24.0. The fourth-order valence-corrected chi connectivity index (χ4v) is 18.8. The number of pyridine rings is 1. The molecule has 133 heavy (non-hydrogen) atoms. The lowest BCUT2D eigenvalue weighted by Crippen LogP contribution is -2.36. The lowest BCUT2D eigenvalue weighted by molar-refractivity contribution is 0.122. The van der Waals surface area contributed by atoms with Gasteiger partial charge in [-0.3, -0.25) is 19.9 Å². The van der Waals surface area contributed by atoms with Crippen molar-refractivity contribution in [2.24, 2.45) is 0 Å². The van der Waals surface area contributed by atoms with Gasteiger partial charge in [-0.05, 0) is 172 Å². The normalized spacial score (nSPS) is 21.1. The zero-order valence-electron chi connectivity index (χ0n) is 76.5. The van der Waals surface area contributed by atoms with Crippen LogP contribution in [0.3, 0.4) is 0 Å².